The Morgan fingerprint density at radius 3 is 2.96 bits per heavy atom. The number of carbonyl (C=O) groups excluding carboxylic acids is 2. The van der Waals surface area contributed by atoms with Crippen LogP contribution < -0.4 is 10.6 Å². The van der Waals surface area contributed by atoms with Gasteiger partial charge in [0, 0.05) is 30.9 Å². The zero-order valence-corrected chi connectivity index (χ0v) is 14.4. The summed E-state index contributed by atoms with van der Waals surface area (Å²) >= 11 is 0. The van der Waals surface area contributed by atoms with Crippen molar-refractivity contribution in [2.75, 3.05) is 6.54 Å². The second-order valence-electron chi connectivity index (χ2n) is 6.79. The largest absolute Gasteiger partial charge is 0.343 e. The van der Waals surface area contributed by atoms with Crippen LogP contribution >= 0.6 is 0 Å². The summed E-state index contributed by atoms with van der Waals surface area (Å²) in [7, 11) is 0. The Bertz CT molecular complexity index is 852. The van der Waals surface area contributed by atoms with Gasteiger partial charge in [0.2, 0.25) is 11.8 Å². The van der Waals surface area contributed by atoms with Crippen molar-refractivity contribution in [2.24, 2.45) is 0 Å². The van der Waals surface area contributed by atoms with Crippen molar-refractivity contribution in [3.05, 3.63) is 48.0 Å². The molecular formula is C18H20FN5O2. The van der Waals surface area contributed by atoms with E-state index in [1.165, 1.54) is 10.7 Å². The molecule has 1 aromatic carbocycles. The Balaban J connectivity index is 1.39. The van der Waals surface area contributed by atoms with Crippen molar-refractivity contribution in [2.45, 2.75) is 38.0 Å². The molecular weight excluding hydrogens is 337 g/mol. The van der Waals surface area contributed by atoms with E-state index in [9.17, 15) is 14.0 Å². The van der Waals surface area contributed by atoms with Crippen LogP contribution in [-0.4, -0.2) is 51.2 Å². The van der Waals surface area contributed by atoms with Crippen molar-refractivity contribution >= 4 is 11.8 Å². The maximum Gasteiger partial charge on any atom is 0.245 e. The number of aromatic nitrogens is 2. The van der Waals surface area contributed by atoms with E-state index >= 15 is 0 Å². The minimum absolute atomic E-state index is 0.0359. The zero-order valence-electron chi connectivity index (χ0n) is 14.4. The van der Waals surface area contributed by atoms with E-state index in [-0.39, 0.29) is 23.7 Å². The number of hydrogen-bond donors (Lipinski definition) is 2. The van der Waals surface area contributed by atoms with Crippen molar-refractivity contribution in [3.63, 3.8) is 0 Å². The van der Waals surface area contributed by atoms with Gasteiger partial charge in [-0.15, -0.1) is 0 Å². The number of carbonyl (C=O) groups is 2. The van der Waals surface area contributed by atoms with Gasteiger partial charge in [0.25, 0.3) is 0 Å². The minimum atomic E-state index is -0.462. The first kappa shape index (κ1) is 16.7. The highest BCUT2D eigenvalue weighted by Crippen LogP contribution is 2.23. The second kappa shape index (κ2) is 6.53. The van der Waals surface area contributed by atoms with Crippen LogP contribution in [0.3, 0.4) is 0 Å². The highest BCUT2D eigenvalue weighted by atomic mass is 19.1. The lowest BCUT2D eigenvalue weighted by Crippen LogP contribution is -2.60. The third kappa shape index (κ3) is 2.96. The molecule has 2 saturated heterocycles. The number of nitrogens with zero attached hydrogens (tertiary/aromatic N) is 3. The lowest BCUT2D eigenvalue weighted by Gasteiger charge is -2.32. The molecule has 2 N–H and O–H groups in total. The van der Waals surface area contributed by atoms with Crippen molar-refractivity contribution in [1.29, 1.82) is 0 Å². The molecule has 3 heterocycles. The number of amides is 2. The topological polar surface area (TPSA) is 79.3 Å². The van der Waals surface area contributed by atoms with Crippen LogP contribution in [0, 0.1) is 5.82 Å². The number of piperazine rings is 1. The predicted molar refractivity (Wildman–Crippen MR) is 91.9 cm³/mol. The van der Waals surface area contributed by atoms with Crippen LogP contribution in [0.5, 0.6) is 0 Å². The average Bonchev–Trinajstić information content (AvgIpc) is 3.26. The van der Waals surface area contributed by atoms with Crippen LogP contribution in [0.25, 0.3) is 5.69 Å². The molecule has 2 fully saturated rings. The minimum Gasteiger partial charge on any atom is -0.343 e. The number of rotatable bonds is 4. The van der Waals surface area contributed by atoms with Gasteiger partial charge in [-0.05, 0) is 25.5 Å². The molecule has 8 heteroatoms. The molecule has 0 unspecified atom stereocenters. The number of fused-ring (bicyclic) bond motifs is 1. The summed E-state index contributed by atoms with van der Waals surface area (Å²) in [6.45, 7) is 2.75. The van der Waals surface area contributed by atoms with E-state index in [2.05, 4.69) is 15.7 Å². The quantitative estimate of drug-likeness (QED) is 0.839. The smallest absolute Gasteiger partial charge is 0.245 e. The molecule has 2 aliphatic heterocycles. The van der Waals surface area contributed by atoms with E-state index in [0.29, 0.717) is 25.2 Å². The van der Waals surface area contributed by atoms with E-state index in [1.54, 1.807) is 42.4 Å². The lowest BCUT2D eigenvalue weighted by molar-refractivity contribution is -0.146. The van der Waals surface area contributed by atoms with Gasteiger partial charge < -0.3 is 15.5 Å². The SMILES string of the molecule is C[C@@H]1NC(=O)[C@@H]2C[C@H](NCc3cnn(-c4ccccc4F)c3)CN2C1=O. The van der Waals surface area contributed by atoms with Crippen LogP contribution in [0.15, 0.2) is 36.7 Å². The molecule has 26 heavy (non-hydrogen) atoms. The molecule has 2 aromatic rings. The van der Waals surface area contributed by atoms with E-state index in [0.717, 1.165) is 5.56 Å². The lowest BCUT2D eigenvalue weighted by atomic mass is 10.1. The van der Waals surface area contributed by atoms with Gasteiger partial charge in [-0.2, -0.15) is 5.10 Å². The van der Waals surface area contributed by atoms with Gasteiger partial charge in [-0.1, -0.05) is 12.1 Å². The summed E-state index contributed by atoms with van der Waals surface area (Å²) in [4.78, 5) is 25.9. The van der Waals surface area contributed by atoms with Crippen molar-refractivity contribution in [3.8, 4) is 5.69 Å². The van der Waals surface area contributed by atoms with Crippen molar-refractivity contribution in [1.82, 2.24) is 25.3 Å². The molecule has 7 nitrogen and oxygen atoms in total. The fourth-order valence-corrected chi connectivity index (χ4v) is 3.58. The summed E-state index contributed by atoms with van der Waals surface area (Å²) in [5.74, 6) is -0.457. The van der Waals surface area contributed by atoms with Crippen LogP contribution in [0.2, 0.25) is 0 Å². The Kier molecular flexibility index (Phi) is 4.20. The predicted octanol–water partition coefficient (Wildman–Crippen LogP) is 0.589. The molecule has 3 atom stereocenters. The molecule has 2 aliphatic rings. The second-order valence-corrected chi connectivity index (χ2v) is 6.79. The van der Waals surface area contributed by atoms with Crippen LogP contribution in [0.4, 0.5) is 4.39 Å². The molecule has 4 rings (SSSR count). The van der Waals surface area contributed by atoms with Crippen LogP contribution in [0.1, 0.15) is 18.9 Å². The molecule has 0 spiro atoms. The molecule has 0 bridgehead atoms. The summed E-state index contributed by atoms with van der Waals surface area (Å²) in [6, 6.07) is 5.64. The number of para-hydroxylation sites is 1. The van der Waals surface area contributed by atoms with Gasteiger partial charge in [0.15, 0.2) is 0 Å². The Labute approximate surface area is 150 Å². The molecule has 0 aliphatic carbocycles. The number of halogens is 1. The monoisotopic (exact) mass is 357 g/mol. The summed E-state index contributed by atoms with van der Waals surface area (Å²) in [6.07, 6.45) is 4.04. The summed E-state index contributed by atoms with van der Waals surface area (Å²) in [5.41, 5.74) is 1.30. The highest BCUT2D eigenvalue weighted by Gasteiger charge is 2.44. The standard InChI is InChI=1S/C18H20FN5O2/c1-11-18(26)23-10-13(6-16(23)17(25)22-11)20-7-12-8-21-24(9-12)15-5-3-2-4-14(15)19/h2-5,8-9,11,13,16,20H,6-7,10H2,1H3,(H,22,25)/t11-,13-,16-/m0/s1. The first-order valence-electron chi connectivity index (χ1n) is 8.65. The third-order valence-corrected chi connectivity index (χ3v) is 4.95. The summed E-state index contributed by atoms with van der Waals surface area (Å²) < 4.78 is 15.3. The maximum atomic E-state index is 13.8. The highest BCUT2D eigenvalue weighted by molar-refractivity contribution is 5.97. The Morgan fingerprint density at radius 2 is 2.15 bits per heavy atom. The molecule has 1 aromatic heterocycles. The van der Waals surface area contributed by atoms with Gasteiger partial charge in [-0.3, -0.25) is 9.59 Å². The Morgan fingerprint density at radius 1 is 1.35 bits per heavy atom. The fourth-order valence-electron chi connectivity index (χ4n) is 3.58. The number of benzene rings is 1. The molecule has 0 saturated carbocycles. The van der Waals surface area contributed by atoms with E-state index in [1.807, 2.05) is 0 Å². The Hall–Kier alpha value is -2.74. The van der Waals surface area contributed by atoms with Gasteiger partial charge in [0.05, 0.1) is 6.20 Å². The van der Waals surface area contributed by atoms with E-state index < -0.39 is 12.1 Å². The van der Waals surface area contributed by atoms with Gasteiger partial charge in [0.1, 0.15) is 23.6 Å². The third-order valence-electron chi connectivity index (χ3n) is 4.95. The first-order chi connectivity index (χ1) is 12.5. The summed E-state index contributed by atoms with van der Waals surface area (Å²) in [5, 5.41) is 10.3. The number of nitrogens with one attached hydrogen (secondary N) is 2. The first-order valence-corrected chi connectivity index (χ1v) is 8.65. The average molecular weight is 357 g/mol. The molecule has 136 valence electrons. The molecule has 0 radical (unpaired) electrons. The van der Waals surface area contributed by atoms with E-state index in [4.69, 9.17) is 0 Å². The van der Waals surface area contributed by atoms with Crippen LogP contribution in [-0.2, 0) is 16.1 Å². The normalized spacial score (nSPS) is 25.3. The van der Waals surface area contributed by atoms with Gasteiger partial charge >= 0.3 is 0 Å². The molecule has 2 amide bonds. The fraction of sp³-hybridized carbons (Fsp3) is 0.389. The van der Waals surface area contributed by atoms with Crippen molar-refractivity contribution < 1.29 is 14.0 Å². The zero-order chi connectivity index (χ0) is 18.3. The number of hydrogen-bond acceptors (Lipinski definition) is 4. The maximum absolute atomic E-state index is 13.8. The van der Waals surface area contributed by atoms with Gasteiger partial charge in [-0.25, -0.2) is 9.07 Å².